The zero-order chi connectivity index (χ0) is 18.4. The van der Waals surface area contributed by atoms with Gasteiger partial charge >= 0.3 is 5.97 Å². The molecule has 0 bridgehead atoms. The van der Waals surface area contributed by atoms with E-state index in [9.17, 15) is 4.79 Å². The highest BCUT2D eigenvalue weighted by Crippen LogP contribution is 2.20. The largest absolute Gasteiger partial charge is 0.465 e. The molecule has 0 spiro atoms. The van der Waals surface area contributed by atoms with Gasteiger partial charge in [-0.2, -0.15) is 15.3 Å². The van der Waals surface area contributed by atoms with Crippen molar-refractivity contribution in [3.63, 3.8) is 0 Å². The maximum absolute atomic E-state index is 11.6. The first kappa shape index (κ1) is 16.9. The van der Waals surface area contributed by atoms with Crippen molar-refractivity contribution in [3.8, 4) is 6.07 Å². The predicted molar refractivity (Wildman–Crippen MR) is 95.3 cm³/mol. The second kappa shape index (κ2) is 7.72. The third kappa shape index (κ3) is 3.91. The summed E-state index contributed by atoms with van der Waals surface area (Å²) in [6.45, 7) is 0. The minimum atomic E-state index is -0.434. The summed E-state index contributed by atoms with van der Waals surface area (Å²) < 4.78 is 4.70. The molecule has 3 rings (SSSR count). The van der Waals surface area contributed by atoms with Gasteiger partial charge in [-0.25, -0.2) is 4.79 Å². The van der Waals surface area contributed by atoms with Crippen LogP contribution in [0, 0.1) is 11.3 Å². The first-order valence-corrected chi connectivity index (χ1v) is 7.61. The fourth-order valence-corrected chi connectivity index (χ4v) is 2.22. The quantitative estimate of drug-likeness (QED) is 0.678. The van der Waals surface area contributed by atoms with Crippen LogP contribution in [0.15, 0.2) is 54.7 Å². The molecule has 0 aliphatic carbocycles. The number of methoxy groups -OCH3 is 1. The van der Waals surface area contributed by atoms with Crippen molar-refractivity contribution < 1.29 is 9.53 Å². The maximum atomic E-state index is 11.6. The van der Waals surface area contributed by atoms with Crippen molar-refractivity contribution in [2.24, 2.45) is 0 Å². The molecule has 2 N–H and O–H groups in total. The molecule has 0 unspecified atom stereocenters. The topological polar surface area (TPSA) is 113 Å². The van der Waals surface area contributed by atoms with Gasteiger partial charge in [-0.1, -0.05) is 18.2 Å². The molecule has 1 aromatic heterocycles. The summed E-state index contributed by atoms with van der Waals surface area (Å²) >= 11 is 0. The number of anilines is 4. The number of hydrogen-bond donors (Lipinski definition) is 2. The number of ether oxygens (including phenoxy) is 1. The van der Waals surface area contributed by atoms with Gasteiger partial charge in [-0.05, 0) is 30.3 Å². The molecule has 2 aromatic carbocycles. The Labute approximate surface area is 149 Å². The number of nitrogens with zero attached hydrogens (tertiary/aromatic N) is 4. The Morgan fingerprint density at radius 2 is 2.00 bits per heavy atom. The van der Waals surface area contributed by atoms with Crippen molar-refractivity contribution in [2.45, 2.75) is 0 Å². The minimum Gasteiger partial charge on any atom is -0.465 e. The van der Waals surface area contributed by atoms with Crippen LogP contribution in [0.3, 0.4) is 0 Å². The highest BCUT2D eigenvalue weighted by molar-refractivity contribution is 5.90. The summed E-state index contributed by atoms with van der Waals surface area (Å²) in [6.07, 6.45) is 1.45. The van der Waals surface area contributed by atoms with E-state index in [4.69, 9.17) is 10.00 Å². The van der Waals surface area contributed by atoms with E-state index >= 15 is 0 Å². The molecule has 0 saturated heterocycles. The SMILES string of the molecule is COC(=O)c1cccc(Nc2nncc(Nc3ccccc3C#N)n2)c1. The molecule has 26 heavy (non-hydrogen) atoms. The van der Waals surface area contributed by atoms with Crippen molar-refractivity contribution in [2.75, 3.05) is 17.7 Å². The molecule has 0 aliphatic heterocycles. The zero-order valence-corrected chi connectivity index (χ0v) is 13.8. The number of hydrogen-bond acceptors (Lipinski definition) is 8. The van der Waals surface area contributed by atoms with Gasteiger partial charge < -0.3 is 15.4 Å². The van der Waals surface area contributed by atoms with E-state index in [1.807, 2.05) is 6.07 Å². The van der Waals surface area contributed by atoms with Gasteiger partial charge in [0.05, 0.1) is 30.1 Å². The summed E-state index contributed by atoms with van der Waals surface area (Å²) in [5.41, 5.74) is 2.13. The van der Waals surface area contributed by atoms with Gasteiger partial charge in [0.1, 0.15) is 6.07 Å². The Morgan fingerprint density at radius 3 is 2.81 bits per heavy atom. The fraction of sp³-hybridized carbons (Fsp3) is 0.0556. The molecule has 0 atom stereocenters. The lowest BCUT2D eigenvalue weighted by Crippen LogP contribution is -2.05. The number of benzene rings is 2. The number of rotatable bonds is 5. The van der Waals surface area contributed by atoms with Crippen LogP contribution in [0.1, 0.15) is 15.9 Å². The molecular weight excluding hydrogens is 332 g/mol. The minimum absolute atomic E-state index is 0.242. The second-order valence-electron chi connectivity index (χ2n) is 5.14. The van der Waals surface area contributed by atoms with Crippen LogP contribution in [0.25, 0.3) is 0 Å². The van der Waals surface area contributed by atoms with Gasteiger partial charge in [0, 0.05) is 5.69 Å². The Balaban J connectivity index is 1.80. The lowest BCUT2D eigenvalue weighted by Gasteiger charge is -2.09. The van der Waals surface area contributed by atoms with E-state index in [1.165, 1.54) is 13.3 Å². The lowest BCUT2D eigenvalue weighted by atomic mass is 10.2. The third-order valence-corrected chi connectivity index (χ3v) is 3.41. The Morgan fingerprint density at radius 1 is 1.15 bits per heavy atom. The molecule has 0 saturated carbocycles. The predicted octanol–water partition coefficient (Wildman–Crippen LogP) is 3.02. The Hall–Kier alpha value is -3.99. The van der Waals surface area contributed by atoms with Crippen LogP contribution < -0.4 is 10.6 Å². The number of para-hydroxylation sites is 1. The number of aromatic nitrogens is 3. The van der Waals surface area contributed by atoms with Crippen LogP contribution in [-0.2, 0) is 4.74 Å². The summed E-state index contributed by atoms with van der Waals surface area (Å²) in [7, 11) is 1.32. The number of esters is 1. The van der Waals surface area contributed by atoms with E-state index < -0.39 is 5.97 Å². The third-order valence-electron chi connectivity index (χ3n) is 3.41. The monoisotopic (exact) mass is 346 g/mol. The number of carbonyl (C=O) groups excluding carboxylic acids is 1. The molecule has 0 fully saturated rings. The Bertz CT molecular complexity index is 983. The van der Waals surface area contributed by atoms with Crippen molar-refractivity contribution in [1.29, 1.82) is 5.26 Å². The van der Waals surface area contributed by atoms with E-state index in [-0.39, 0.29) is 5.95 Å². The van der Waals surface area contributed by atoms with Gasteiger partial charge in [0.25, 0.3) is 0 Å². The van der Waals surface area contributed by atoms with Crippen LogP contribution >= 0.6 is 0 Å². The molecular formula is C18H14N6O2. The standard InChI is InChI=1S/C18H14N6O2/c1-26-17(25)12-6-4-7-14(9-12)21-18-23-16(11-20-24-18)22-15-8-3-2-5-13(15)10-19/h2-9,11H,1H3,(H2,21,22,23,24). The van der Waals surface area contributed by atoms with Gasteiger partial charge in [0.2, 0.25) is 5.95 Å². The molecule has 0 aliphatic rings. The maximum Gasteiger partial charge on any atom is 0.337 e. The molecule has 8 heteroatoms. The van der Waals surface area contributed by atoms with Crippen molar-refractivity contribution in [1.82, 2.24) is 15.2 Å². The average molecular weight is 346 g/mol. The molecule has 0 radical (unpaired) electrons. The molecule has 3 aromatic rings. The van der Waals surface area contributed by atoms with Crippen LogP contribution in [0.4, 0.5) is 23.1 Å². The second-order valence-corrected chi connectivity index (χ2v) is 5.14. The highest BCUT2D eigenvalue weighted by Gasteiger charge is 2.08. The summed E-state index contributed by atoms with van der Waals surface area (Å²) in [5, 5.41) is 23.0. The van der Waals surface area contributed by atoms with E-state index in [1.54, 1.807) is 42.5 Å². The smallest absolute Gasteiger partial charge is 0.337 e. The van der Waals surface area contributed by atoms with Crippen LogP contribution in [0.5, 0.6) is 0 Å². The van der Waals surface area contributed by atoms with Gasteiger partial charge in [-0.15, -0.1) is 5.10 Å². The molecule has 1 heterocycles. The Kier molecular flexibility index (Phi) is 5.00. The lowest BCUT2D eigenvalue weighted by molar-refractivity contribution is 0.0601. The normalized spacial score (nSPS) is 9.85. The van der Waals surface area contributed by atoms with Crippen molar-refractivity contribution in [3.05, 3.63) is 65.9 Å². The molecule has 0 amide bonds. The first-order chi connectivity index (χ1) is 12.7. The zero-order valence-electron chi connectivity index (χ0n) is 13.8. The number of nitriles is 1. The highest BCUT2D eigenvalue weighted by atomic mass is 16.5. The first-order valence-electron chi connectivity index (χ1n) is 7.61. The average Bonchev–Trinajstić information content (AvgIpc) is 2.68. The van der Waals surface area contributed by atoms with Gasteiger partial charge in [0.15, 0.2) is 5.82 Å². The van der Waals surface area contributed by atoms with Gasteiger partial charge in [-0.3, -0.25) is 0 Å². The van der Waals surface area contributed by atoms with Crippen LogP contribution in [-0.4, -0.2) is 28.3 Å². The fourth-order valence-electron chi connectivity index (χ4n) is 2.22. The summed E-state index contributed by atoms with van der Waals surface area (Å²) in [6, 6.07) is 15.9. The van der Waals surface area contributed by atoms with E-state index in [0.29, 0.717) is 28.3 Å². The molecule has 8 nitrogen and oxygen atoms in total. The van der Waals surface area contributed by atoms with E-state index in [2.05, 4.69) is 31.9 Å². The molecule has 128 valence electrons. The van der Waals surface area contributed by atoms with Crippen molar-refractivity contribution >= 4 is 29.1 Å². The summed E-state index contributed by atoms with van der Waals surface area (Å²) in [4.78, 5) is 15.9. The number of nitrogens with one attached hydrogen (secondary N) is 2. The van der Waals surface area contributed by atoms with E-state index in [0.717, 1.165) is 0 Å². The number of carbonyl (C=O) groups is 1. The van der Waals surface area contributed by atoms with Crippen LogP contribution in [0.2, 0.25) is 0 Å². The summed E-state index contributed by atoms with van der Waals surface area (Å²) in [5.74, 6) is 0.233.